The van der Waals surface area contributed by atoms with Crippen molar-refractivity contribution in [2.24, 2.45) is 5.11 Å². The lowest BCUT2D eigenvalue weighted by molar-refractivity contribution is -0.253. The molecule has 0 radical (unpaired) electrons. The van der Waals surface area contributed by atoms with E-state index in [0.717, 1.165) is 24.3 Å². The number of benzene rings is 4. The number of nitrogens with zero attached hydrogens (tertiary/aromatic N) is 3. The zero-order valence-corrected chi connectivity index (χ0v) is 27.8. The van der Waals surface area contributed by atoms with Crippen molar-refractivity contribution in [2.75, 3.05) is 6.54 Å². The first-order valence-electron chi connectivity index (χ1n) is 15.1. The molecule has 0 aromatic heterocycles. The number of carboxylic acid groups (broad SMARTS) is 1. The molecule has 9 nitrogen and oxygen atoms in total. The first-order valence-corrected chi connectivity index (χ1v) is 15.1. The van der Waals surface area contributed by atoms with E-state index in [1.54, 1.807) is 30.3 Å². The van der Waals surface area contributed by atoms with Gasteiger partial charge in [-0.3, -0.25) is 0 Å². The van der Waals surface area contributed by atoms with Crippen LogP contribution in [0.1, 0.15) is 40.9 Å². The summed E-state index contributed by atoms with van der Waals surface area (Å²) in [6.45, 7) is 3.83. The van der Waals surface area contributed by atoms with Gasteiger partial charge in [0.25, 0.3) is 0 Å². The van der Waals surface area contributed by atoms with Crippen molar-refractivity contribution in [2.45, 2.75) is 38.3 Å². The Balaban J connectivity index is 0.000000468. The summed E-state index contributed by atoms with van der Waals surface area (Å²) in [4.78, 5) is 25.0. The summed E-state index contributed by atoms with van der Waals surface area (Å²) < 4.78 is 137. The first kappa shape index (κ1) is 43.8. The molecule has 54 heavy (non-hydrogen) atoms. The maximum absolute atomic E-state index is 14.7. The molecule has 4 rings (SSSR count). The van der Waals surface area contributed by atoms with E-state index in [4.69, 9.17) is 17.1 Å². The number of carbonyl (C=O) groups is 2. The Kier molecular flexibility index (Phi) is 15.7. The van der Waals surface area contributed by atoms with E-state index in [2.05, 4.69) is 26.4 Å². The highest BCUT2D eigenvalue weighted by molar-refractivity contribution is 5.89. The fourth-order valence-electron chi connectivity index (χ4n) is 4.58. The summed E-state index contributed by atoms with van der Waals surface area (Å²) in [7, 11) is 0. The quantitative estimate of drug-likeness (QED) is 0.0350. The summed E-state index contributed by atoms with van der Waals surface area (Å²) >= 11 is 0. The van der Waals surface area contributed by atoms with E-state index in [1.165, 1.54) is 12.1 Å². The number of aromatic carboxylic acids is 1. The van der Waals surface area contributed by atoms with Crippen molar-refractivity contribution in [3.63, 3.8) is 0 Å². The van der Waals surface area contributed by atoms with Crippen molar-refractivity contribution in [1.29, 1.82) is 0 Å². The van der Waals surface area contributed by atoms with E-state index in [-0.39, 0.29) is 24.1 Å². The highest BCUT2D eigenvalue weighted by atomic mass is 19.3. The van der Waals surface area contributed by atoms with Crippen LogP contribution in [0.2, 0.25) is 0 Å². The average Bonchev–Trinajstić information content (AvgIpc) is 3.12. The predicted octanol–water partition coefficient (Wildman–Crippen LogP) is 9.53. The van der Waals surface area contributed by atoms with Crippen LogP contribution in [0.3, 0.4) is 0 Å². The number of urea groups is 1. The highest BCUT2D eigenvalue weighted by Gasteiger charge is 2.45. The number of carbonyl (C=O) groups excluding carboxylic acids is 1. The SMILES string of the molecule is C#CCNC(=O)N[C@](Cc1ccccc1)(c1ccc(F)cc1)c1cc(F)cc(OC(F)(F)C(F)F)c1.CC.[N-]=[N+]=Nc1c(F)c(F)c(C(=O)O)c(F)c1F. The van der Waals surface area contributed by atoms with Crippen LogP contribution in [0.5, 0.6) is 5.75 Å². The van der Waals surface area contributed by atoms with E-state index in [1.807, 2.05) is 18.8 Å². The van der Waals surface area contributed by atoms with E-state index < -0.39 is 82.0 Å². The van der Waals surface area contributed by atoms with Crippen molar-refractivity contribution < 1.29 is 63.3 Å². The Labute approximate surface area is 300 Å². The van der Waals surface area contributed by atoms with Crippen LogP contribution in [-0.2, 0) is 12.0 Å². The van der Waals surface area contributed by atoms with Crippen molar-refractivity contribution in [1.82, 2.24) is 10.6 Å². The van der Waals surface area contributed by atoms with Crippen LogP contribution in [0.25, 0.3) is 10.4 Å². The van der Waals surface area contributed by atoms with Gasteiger partial charge in [0.05, 0.1) is 12.1 Å². The number of terminal acetylenes is 1. The van der Waals surface area contributed by atoms with Crippen molar-refractivity contribution in [3.05, 3.63) is 140 Å². The topological polar surface area (TPSA) is 136 Å². The number of amides is 2. The Hall–Kier alpha value is -6.41. The third-order valence-corrected chi connectivity index (χ3v) is 6.80. The van der Waals surface area contributed by atoms with Gasteiger partial charge in [-0.25, -0.2) is 35.9 Å². The molecule has 0 saturated heterocycles. The van der Waals surface area contributed by atoms with Gasteiger partial charge in [-0.2, -0.15) is 17.6 Å². The maximum Gasteiger partial charge on any atom is 0.461 e. The van der Waals surface area contributed by atoms with Gasteiger partial charge < -0.3 is 20.5 Å². The molecule has 4 aromatic rings. The first-order chi connectivity index (χ1) is 25.5. The molecule has 0 spiro atoms. The number of nitrogens with one attached hydrogen (secondary N) is 2. The van der Waals surface area contributed by atoms with Gasteiger partial charge >= 0.3 is 24.5 Å². The summed E-state index contributed by atoms with van der Waals surface area (Å²) in [6, 6.07) is 14.9. The molecule has 19 heteroatoms. The molecule has 1 atom stereocenters. The number of alkyl halides is 4. The highest BCUT2D eigenvalue weighted by Crippen LogP contribution is 2.38. The van der Waals surface area contributed by atoms with Gasteiger partial charge in [-0.15, -0.1) is 6.42 Å². The minimum Gasteiger partial charge on any atom is -0.477 e. The Morgan fingerprint density at radius 2 is 1.46 bits per heavy atom. The smallest absolute Gasteiger partial charge is 0.461 e. The monoisotopic (exact) mass is 771 g/mol. The molecular weight excluding hydrogens is 744 g/mol. The zero-order chi connectivity index (χ0) is 40.8. The normalized spacial score (nSPS) is 11.6. The maximum atomic E-state index is 14.7. The second-order valence-electron chi connectivity index (χ2n) is 10.2. The molecule has 0 aliphatic heterocycles. The molecule has 3 N–H and O–H groups in total. The second kappa shape index (κ2) is 19.4. The van der Waals surface area contributed by atoms with E-state index >= 15 is 0 Å². The molecular formula is C35H27F10N5O4. The summed E-state index contributed by atoms with van der Waals surface area (Å²) in [5, 5.41) is 15.8. The van der Waals surface area contributed by atoms with Crippen LogP contribution in [-0.4, -0.2) is 36.2 Å². The molecule has 2 amide bonds. The number of hydrogen-bond donors (Lipinski definition) is 3. The molecule has 0 heterocycles. The number of carboxylic acids is 1. The van der Waals surface area contributed by atoms with E-state index in [9.17, 15) is 53.5 Å². The number of rotatable bonds is 11. The molecule has 0 aliphatic carbocycles. The van der Waals surface area contributed by atoms with Crippen LogP contribution < -0.4 is 15.4 Å². The van der Waals surface area contributed by atoms with Crippen LogP contribution >= 0.6 is 0 Å². The molecule has 0 bridgehead atoms. The lowest BCUT2D eigenvalue weighted by atomic mass is 9.77. The molecule has 0 saturated carbocycles. The molecule has 286 valence electrons. The average molecular weight is 772 g/mol. The third kappa shape index (κ3) is 10.8. The van der Waals surface area contributed by atoms with Crippen LogP contribution in [0.4, 0.5) is 54.4 Å². The molecule has 0 fully saturated rings. The standard InChI is InChI=1S/C26H20F6N2O2.C7HF4N3O2.C2H6/c1-2-12-33-24(35)34-25(16-17-6-4-3-5-7-17,18-8-10-20(27)11-9-18)19-13-21(28)15-22(14-19)36-26(31,32)23(29)30;8-2-1(7(15)16)3(9)5(11)6(4(2)10)13-14-12;1-2/h1,3-11,13-15,23H,12,16H2,(H2,33,34,35);(H,15,16);1-2H3/t25-;;/m1../s1. The van der Waals surface area contributed by atoms with Gasteiger partial charge in [0.15, 0.2) is 23.3 Å². The van der Waals surface area contributed by atoms with Crippen LogP contribution in [0, 0.1) is 47.2 Å². The van der Waals surface area contributed by atoms with Gasteiger partial charge in [0, 0.05) is 17.4 Å². The Morgan fingerprint density at radius 1 is 0.889 bits per heavy atom. The zero-order valence-electron chi connectivity index (χ0n) is 27.8. The molecule has 4 aromatic carbocycles. The summed E-state index contributed by atoms with van der Waals surface area (Å²) in [6.07, 6.45) is -3.96. The Morgan fingerprint density at radius 3 is 1.96 bits per heavy atom. The fraction of sp³-hybridized carbons (Fsp3) is 0.200. The second-order valence-corrected chi connectivity index (χ2v) is 10.2. The third-order valence-electron chi connectivity index (χ3n) is 6.80. The van der Waals surface area contributed by atoms with Crippen LogP contribution in [0.15, 0.2) is 77.9 Å². The number of halogens is 10. The molecule has 0 unspecified atom stereocenters. The lowest BCUT2D eigenvalue weighted by Gasteiger charge is -2.37. The van der Waals surface area contributed by atoms with E-state index in [0.29, 0.717) is 11.6 Å². The number of ether oxygens (including phenoxy) is 1. The van der Waals surface area contributed by atoms with Gasteiger partial charge in [0.1, 0.15) is 28.6 Å². The fourth-order valence-corrected chi connectivity index (χ4v) is 4.58. The predicted molar refractivity (Wildman–Crippen MR) is 174 cm³/mol. The Bertz CT molecular complexity index is 1960. The van der Waals surface area contributed by atoms with Crippen molar-refractivity contribution in [3.8, 4) is 18.1 Å². The van der Waals surface area contributed by atoms with Gasteiger partial charge in [-0.05, 0) is 46.5 Å². The largest absolute Gasteiger partial charge is 0.477 e. The summed E-state index contributed by atoms with van der Waals surface area (Å²) in [5.74, 6) is -11.0. The summed E-state index contributed by atoms with van der Waals surface area (Å²) in [5.41, 5.74) is 3.57. The minimum absolute atomic E-state index is 0.0723. The number of azide groups is 1. The van der Waals surface area contributed by atoms with Crippen molar-refractivity contribution >= 4 is 17.7 Å². The number of hydrogen-bond acceptors (Lipinski definition) is 4. The van der Waals surface area contributed by atoms with Gasteiger partial charge in [0.2, 0.25) is 0 Å². The lowest BCUT2D eigenvalue weighted by Crippen LogP contribution is -2.52. The van der Waals surface area contributed by atoms with Gasteiger partial charge in [-0.1, -0.05) is 67.3 Å². The minimum atomic E-state index is -4.90. The molecule has 0 aliphatic rings.